The molecule has 0 unspecified atom stereocenters. The monoisotopic (exact) mass is 262 g/mol. The molecule has 3 heterocycles. The van der Waals surface area contributed by atoms with E-state index in [4.69, 9.17) is 4.74 Å². The number of aliphatic hydroxyl groups is 1. The summed E-state index contributed by atoms with van der Waals surface area (Å²) in [5, 5.41) is 11.0. The molecule has 2 atom stereocenters. The minimum Gasteiger partial charge on any atom is -0.388 e. The molecule has 6 heteroatoms. The molecule has 1 aliphatic rings. The van der Waals surface area contributed by atoms with Gasteiger partial charge in [-0.25, -0.2) is 9.97 Å². The summed E-state index contributed by atoms with van der Waals surface area (Å²) in [6, 6.07) is 1.95. The van der Waals surface area contributed by atoms with Crippen LogP contribution in [0.25, 0.3) is 11.0 Å². The number of hydrogen-bond donors (Lipinski definition) is 2. The Labute approximate surface area is 111 Å². The molecule has 0 bridgehead atoms. The minimum absolute atomic E-state index is 0.109. The fraction of sp³-hybridized carbons (Fsp3) is 0.538. The average molecular weight is 262 g/mol. The first kappa shape index (κ1) is 12.4. The van der Waals surface area contributed by atoms with Gasteiger partial charge < -0.3 is 19.7 Å². The van der Waals surface area contributed by atoms with E-state index in [1.165, 1.54) is 6.33 Å². The Kier molecular flexibility index (Phi) is 3.12. The molecular formula is C13H18N4O2. The molecule has 0 spiro atoms. The molecule has 0 amide bonds. The summed E-state index contributed by atoms with van der Waals surface area (Å²) in [7, 11) is 0. The van der Waals surface area contributed by atoms with Crippen LogP contribution in [0.2, 0.25) is 0 Å². The lowest BCUT2D eigenvalue weighted by atomic mass is 10.2. The third kappa shape index (κ3) is 2.29. The van der Waals surface area contributed by atoms with Crippen molar-refractivity contribution in [1.82, 2.24) is 15.0 Å². The number of aliphatic hydroxyl groups excluding tert-OH is 1. The predicted octanol–water partition coefficient (Wildman–Crippen LogP) is 0.932. The number of anilines is 1. The lowest BCUT2D eigenvalue weighted by Crippen LogP contribution is -2.29. The zero-order valence-corrected chi connectivity index (χ0v) is 11.1. The van der Waals surface area contributed by atoms with Crippen molar-refractivity contribution in [1.29, 1.82) is 0 Å². The number of β-amino-alcohol motifs (C(OH)–C–C–N with tert-alkyl or cyclic N) is 1. The summed E-state index contributed by atoms with van der Waals surface area (Å²) in [4.78, 5) is 13.6. The van der Waals surface area contributed by atoms with Gasteiger partial charge in [0.1, 0.15) is 23.9 Å². The summed E-state index contributed by atoms with van der Waals surface area (Å²) in [6.07, 6.45) is 2.85. The average Bonchev–Trinajstić information content (AvgIpc) is 2.95. The Morgan fingerprint density at radius 3 is 3.05 bits per heavy atom. The first-order chi connectivity index (χ1) is 9.15. The van der Waals surface area contributed by atoms with E-state index in [0.717, 1.165) is 16.9 Å². The maximum Gasteiger partial charge on any atom is 0.142 e. The summed E-state index contributed by atoms with van der Waals surface area (Å²) in [6.45, 7) is 5.14. The third-order valence-electron chi connectivity index (χ3n) is 3.32. The number of fused-ring (bicyclic) bond motifs is 1. The number of aromatic amines is 1. The SMILES string of the molecule is CC(C)O[C@@H]1CN(c2ncnc3[nH]ccc23)C[C@H]1O. The second kappa shape index (κ2) is 4.79. The second-order valence-corrected chi connectivity index (χ2v) is 5.13. The lowest BCUT2D eigenvalue weighted by molar-refractivity contribution is -0.0386. The van der Waals surface area contributed by atoms with E-state index in [0.29, 0.717) is 13.1 Å². The molecule has 1 aliphatic heterocycles. The van der Waals surface area contributed by atoms with E-state index in [9.17, 15) is 5.11 Å². The Morgan fingerprint density at radius 2 is 2.26 bits per heavy atom. The molecule has 2 aromatic rings. The fourth-order valence-corrected chi connectivity index (χ4v) is 2.52. The molecule has 6 nitrogen and oxygen atoms in total. The standard InChI is InChI=1S/C13H18N4O2/c1-8(2)19-11-6-17(5-10(11)18)13-9-3-4-14-12(9)15-7-16-13/h3-4,7-8,10-11,18H,5-6H2,1-2H3,(H,14,15,16)/t10-,11-/m1/s1. The van der Waals surface area contributed by atoms with E-state index in [1.807, 2.05) is 26.1 Å². The first-order valence-electron chi connectivity index (χ1n) is 6.51. The van der Waals surface area contributed by atoms with Crippen molar-refractivity contribution in [3.8, 4) is 0 Å². The maximum absolute atomic E-state index is 10.1. The van der Waals surface area contributed by atoms with Gasteiger partial charge in [0.05, 0.1) is 17.6 Å². The molecule has 2 N–H and O–H groups in total. The summed E-state index contributed by atoms with van der Waals surface area (Å²) >= 11 is 0. The van der Waals surface area contributed by atoms with E-state index >= 15 is 0 Å². The quantitative estimate of drug-likeness (QED) is 0.861. The van der Waals surface area contributed by atoms with Crippen LogP contribution in [0.3, 0.4) is 0 Å². The van der Waals surface area contributed by atoms with Crippen molar-refractivity contribution in [2.75, 3.05) is 18.0 Å². The van der Waals surface area contributed by atoms with Crippen molar-refractivity contribution in [2.45, 2.75) is 32.2 Å². The van der Waals surface area contributed by atoms with Gasteiger partial charge in [0.15, 0.2) is 0 Å². The van der Waals surface area contributed by atoms with Crippen LogP contribution >= 0.6 is 0 Å². The zero-order chi connectivity index (χ0) is 13.4. The number of ether oxygens (including phenoxy) is 1. The van der Waals surface area contributed by atoms with Gasteiger partial charge in [0.25, 0.3) is 0 Å². The number of nitrogens with one attached hydrogen (secondary N) is 1. The van der Waals surface area contributed by atoms with Crippen LogP contribution in [0.5, 0.6) is 0 Å². The molecular weight excluding hydrogens is 244 g/mol. The normalized spacial score (nSPS) is 23.7. The van der Waals surface area contributed by atoms with Crippen molar-refractivity contribution >= 4 is 16.9 Å². The Morgan fingerprint density at radius 1 is 1.42 bits per heavy atom. The van der Waals surface area contributed by atoms with Crippen LogP contribution < -0.4 is 4.90 Å². The number of H-pyrrole nitrogens is 1. The van der Waals surface area contributed by atoms with Gasteiger partial charge in [0.2, 0.25) is 0 Å². The molecule has 0 aromatic carbocycles. The maximum atomic E-state index is 10.1. The first-order valence-corrected chi connectivity index (χ1v) is 6.51. The van der Waals surface area contributed by atoms with Crippen molar-refractivity contribution in [3.05, 3.63) is 18.6 Å². The molecule has 19 heavy (non-hydrogen) atoms. The Balaban J connectivity index is 1.86. The third-order valence-corrected chi connectivity index (χ3v) is 3.32. The minimum atomic E-state index is -0.480. The van der Waals surface area contributed by atoms with Gasteiger partial charge in [0, 0.05) is 19.3 Å². The van der Waals surface area contributed by atoms with Crippen LogP contribution in [0.1, 0.15) is 13.8 Å². The molecule has 2 aromatic heterocycles. The largest absolute Gasteiger partial charge is 0.388 e. The number of hydrogen-bond acceptors (Lipinski definition) is 5. The Bertz CT molecular complexity index is 569. The highest BCUT2D eigenvalue weighted by Gasteiger charge is 2.34. The van der Waals surface area contributed by atoms with E-state index in [1.54, 1.807) is 0 Å². The van der Waals surface area contributed by atoms with Gasteiger partial charge in [-0.1, -0.05) is 0 Å². The number of aromatic nitrogens is 3. The number of nitrogens with zero attached hydrogens (tertiary/aromatic N) is 3. The molecule has 0 aliphatic carbocycles. The van der Waals surface area contributed by atoms with Crippen LogP contribution in [-0.2, 0) is 4.74 Å². The van der Waals surface area contributed by atoms with E-state index in [2.05, 4.69) is 19.9 Å². The molecule has 3 rings (SSSR count). The Hall–Kier alpha value is -1.66. The summed E-state index contributed by atoms with van der Waals surface area (Å²) in [5.74, 6) is 0.847. The van der Waals surface area contributed by atoms with E-state index in [-0.39, 0.29) is 12.2 Å². The van der Waals surface area contributed by atoms with Crippen molar-refractivity contribution in [3.63, 3.8) is 0 Å². The lowest BCUT2D eigenvalue weighted by Gasteiger charge is -2.19. The molecule has 1 saturated heterocycles. The van der Waals surface area contributed by atoms with Crippen LogP contribution in [0.4, 0.5) is 5.82 Å². The fourth-order valence-electron chi connectivity index (χ4n) is 2.52. The zero-order valence-electron chi connectivity index (χ0n) is 11.1. The highest BCUT2D eigenvalue weighted by Crippen LogP contribution is 2.26. The van der Waals surface area contributed by atoms with Gasteiger partial charge >= 0.3 is 0 Å². The van der Waals surface area contributed by atoms with Gasteiger partial charge in [-0.15, -0.1) is 0 Å². The predicted molar refractivity (Wildman–Crippen MR) is 72.1 cm³/mol. The molecule has 0 radical (unpaired) electrons. The van der Waals surface area contributed by atoms with Gasteiger partial charge in [-0.2, -0.15) is 0 Å². The second-order valence-electron chi connectivity index (χ2n) is 5.13. The summed E-state index contributed by atoms with van der Waals surface area (Å²) in [5.41, 5.74) is 0.813. The van der Waals surface area contributed by atoms with Crippen LogP contribution in [0, 0.1) is 0 Å². The van der Waals surface area contributed by atoms with Gasteiger partial charge in [-0.05, 0) is 19.9 Å². The van der Waals surface area contributed by atoms with Crippen LogP contribution in [-0.4, -0.2) is 51.5 Å². The highest BCUT2D eigenvalue weighted by molar-refractivity contribution is 5.87. The van der Waals surface area contributed by atoms with Gasteiger partial charge in [-0.3, -0.25) is 0 Å². The topological polar surface area (TPSA) is 74.3 Å². The molecule has 1 fully saturated rings. The molecule has 0 saturated carbocycles. The van der Waals surface area contributed by atoms with Crippen LogP contribution in [0.15, 0.2) is 18.6 Å². The van der Waals surface area contributed by atoms with E-state index < -0.39 is 6.10 Å². The number of rotatable bonds is 3. The smallest absolute Gasteiger partial charge is 0.142 e. The summed E-state index contributed by atoms with van der Waals surface area (Å²) < 4.78 is 5.73. The highest BCUT2D eigenvalue weighted by atomic mass is 16.5. The molecule has 102 valence electrons. The van der Waals surface area contributed by atoms with Crippen molar-refractivity contribution < 1.29 is 9.84 Å². The van der Waals surface area contributed by atoms with Crippen molar-refractivity contribution in [2.24, 2.45) is 0 Å².